The lowest BCUT2D eigenvalue weighted by molar-refractivity contribution is -0.0326. The number of anilines is 1. The van der Waals surface area contributed by atoms with Gasteiger partial charge in [0.25, 0.3) is 0 Å². The van der Waals surface area contributed by atoms with Crippen molar-refractivity contribution in [1.82, 2.24) is 14.9 Å². The fourth-order valence-corrected chi connectivity index (χ4v) is 2.26. The van der Waals surface area contributed by atoms with Crippen LogP contribution in [0.5, 0.6) is 0 Å². The van der Waals surface area contributed by atoms with Gasteiger partial charge in [0.2, 0.25) is 0 Å². The summed E-state index contributed by atoms with van der Waals surface area (Å²) in [5.74, 6) is 1.72. The Morgan fingerprint density at radius 3 is 2.89 bits per heavy atom. The number of aryl methyl sites for hydroxylation is 1. The summed E-state index contributed by atoms with van der Waals surface area (Å²) in [6, 6.07) is 2.02. The number of hydrogen-bond acceptors (Lipinski definition) is 5. The summed E-state index contributed by atoms with van der Waals surface area (Å²) in [6.07, 6.45) is 0.913. The molecule has 0 spiro atoms. The average Bonchev–Trinajstić information content (AvgIpc) is 2.47. The molecule has 0 radical (unpaired) electrons. The Bertz CT molecular complexity index is 410. The Kier molecular flexibility index (Phi) is 5.10. The maximum absolute atomic E-state index is 5.83. The number of morpholine rings is 1. The van der Waals surface area contributed by atoms with Crippen LogP contribution in [-0.4, -0.2) is 47.7 Å². The molecule has 1 aromatic rings. The zero-order valence-corrected chi connectivity index (χ0v) is 12.1. The van der Waals surface area contributed by atoms with E-state index in [1.54, 1.807) is 0 Å². The molecule has 1 aliphatic rings. The molecule has 2 rings (SSSR count). The lowest BCUT2D eigenvalue weighted by Crippen LogP contribution is -2.38. The van der Waals surface area contributed by atoms with Crippen molar-refractivity contribution in [3.05, 3.63) is 17.6 Å². The normalized spacial score (nSPS) is 20.5. The van der Waals surface area contributed by atoms with Gasteiger partial charge in [-0.05, 0) is 19.9 Å². The Hall–Kier alpha value is -1.20. The fourth-order valence-electron chi connectivity index (χ4n) is 2.26. The van der Waals surface area contributed by atoms with Crippen molar-refractivity contribution in [2.75, 3.05) is 38.1 Å². The lowest BCUT2D eigenvalue weighted by atomic mass is 10.2. The predicted molar refractivity (Wildman–Crippen MR) is 76.4 cm³/mol. The molecule has 19 heavy (non-hydrogen) atoms. The average molecular weight is 264 g/mol. The topological polar surface area (TPSA) is 50.3 Å². The van der Waals surface area contributed by atoms with E-state index in [9.17, 15) is 0 Å². The number of rotatable bonds is 5. The standard InChI is InChI=1S/C14H24N4O/c1-4-11-9-13(15-5-2)17-14(16-11)12-10-18(6-3)7-8-19-12/h9,12H,4-8,10H2,1-3H3,(H,15,16,17). The molecule has 1 fully saturated rings. The third-order valence-electron chi connectivity index (χ3n) is 3.40. The van der Waals surface area contributed by atoms with Crippen LogP contribution in [0.3, 0.4) is 0 Å². The fraction of sp³-hybridized carbons (Fsp3) is 0.714. The van der Waals surface area contributed by atoms with Crippen LogP contribution in [0.1, 0.15) is 38.4 Å². The minimum absolute atomic E-state index is 0.00222. The Labute approximate surface area is 115 Å². The Morgan fingerprint density at radius 1 is 1.37 bits per heavy atom. The molecule has 0 bridgehead atoms. The van der Waals surface area contributed by atoms with Crippen LogP contribution in [0, 0.1) is 0 Å². The van der Waals surface area contributed by atoms with Gasteiger partial charge in [-0.15, -0.1) is 0 Å². The van der Waals surface area contributed by atoms with Gasteiger partial charge >= 0.3 is 0 Å². The van der Waals surface area contributed by atoms with Gasteiger partial charge < -0.3 is 10.1 Å². The summed E-state index contributed by atoms with van der Waals surface area (Å²) < 4.78 is 5.83. The smallest absolute Gasteiger partial charge is 0.161 e. The van der Waals surface area contributed by atoms with Crippen LogP contribution in [0.15, 0.2) is 6.07 Å². The van der Waals surface area contributed by atoms with Gasteiger partial charge in [0.05, 0.1) is 6.61 Å². The maximum Gasteiger partial charge on any atom is 0.161 e. The van der Waals surface area contributed by atoms with Crippen molar-refractivity contribution in [2.45, 2.75) is 33.3 Å². The van der Waals surface area contributed by atoms with Crippen molar-refractivity contribution in [1.29, 1.82) is 0 Å². The molecule has 1 N–H and O–H groups in total. The van der Waals surface area contributed by atoms with Crippen LogP contribution in [0.4, 0.5) is 5.82 Å². The van der Waals surface area contributed by atoms with Crippen molar-refractivity contribution < 1.29 is 4.74 Å². The Morgan fingerprint density at radius 2 is 2.21 bits per heavy atom. The largest absolute Gasteiger partial charge is 0.370 e. The molecule has 0 aliphatic carbocycles. The van der Waals surface area contributed by atoms with Crippen molar-refractivity contribution >= 4 is 5.82 Å². The van der Waals surface area contributed by atoms with Gasteiger partial charge in [-0.3, -0.25) is 4.90 Å². The minimum atomic E-state index is -0.00222. The van der Waals surface area contributed by atoms with Gasteiger partial charge in [-0.2, -0.15) is 0 Å². The Balaban J connectivity index is 2.19. The number of aromatic nitrogens is 2. The number of likely N-dealkylation sites (N-methyl/N-ethyl adjacent to an activating group) is 1. The molecule has 1 aromatic heterocycles. The van der Waals surface area contributed by atoms with Gasteiger partial charge in [0.15, 0.2) is 5.82 Å². The molecule has 0 aromatic carbocycles. The molecular weight excluding hydrogens is 240 g/mol. The number of hydrogen-bond donors (Lipinski definition) is 1. The molecule has 1 saturated heterocycles. The first-order valence-electron chi connectivity index (χ1n) is 7.22. The highest BCUT2D eigenvalue weighted by molar-refractivity contribution is 5.36. The number of nitrogens with zero attached hydrogens (tertiary/aromatic N) is 3. The first-order valence-corrected chi connectivity index (χ1v) is 7.22. The highest BCUT2D eigenvalue weighted by atomic mass is 16.5. The van der Waals surface area contributed by atoms with Crippen LogP contribution >= 0.6 is 0 Å². The van der Waals surface area contributed by atoms with E-state index >= 15 is 0 Å². The molecule has 106 valence electrons. The van der Waals surface area contributed by atoms with Crippen LogP contribution < -0.4 is 5.32 Å². The molecule has 1 atom stereocenters. The third-order valence-corrected chi connectivity index (χ3v) is 3.40. The highest BCUT2D eigenvalue weighted by Gasteiger charge is 2.23. The molecule has 0 saturated carbocycles. The van der Waals surface area contributed by atoms with E-state index in [0.29, 0.717) is 0 Å². The molecule has 1 aliphatic heterocycles. The van der Waals surface area contributed by atoms with Crippen molar-refractivity contribution in [3.8, 4) is 0 Å². The molecule has 5 heteroatoms. The number of ether oxygens (including phenoxy) is 1. The zero-order valence-electron chi connectivity index (χ0n) is 12.1. The van der Waals surface area contributed by atoms with Crippen LogP contribution in [0.2, 0.25) is 0 Å². The summed E-state index contributed by atoms with van der Waals surface area (Å²) in [7, 11) is 0. The predicted octanol–water partition coefficient (Wildman–Crippen LogP) is 1.86. The SMILES string of the molecule is CCNc1cc(CC)nc(C2CN(CC)CCO2)n1. The second-order valence-corrected chi connectivity index (χ2v) is 4.74. The van der Waals surface area contributed by atoms with E-state index in [0.717, 1.165) is 56.5 Å². The maximum atomic E-state index is 5.83. The summed E-state index contributed by atoms with van der Waals surface area (Å²) in [4.78, 5) is 11.6. The lowest BCUT2D eigenvalue weighted by Gasteiger charge is -2.31. The molecule has 2 heterocycles. The van der Waals surface area contributed by atoms with E-state index < -0.39 is 0 Å². The van der Waals surface area contributed by atoms with Crippen LogP contribution in [-0.2, 0) is 11.2 Å². The van der Waals surface area contributed by atoms with E-state index in [-0.39, 0.29) is 6.10 Å². The second kappa shape index (κ2) is 6.82. The van der Waals surface area contributed by atoms with Crippen molar-refractivity contribution in [3.63, 3.8) is 0 Å². The summed E-state index contributed by atoms with van der Waals surface area (Å²) in [5, 5.41) is 3.27. The molecule has 5 nitrogen and oxygen atoms in total. The van der Waals surface area contributed by atoms with Gasteiger partial charge in [0, 0.05) is 31.4 Å². The van der Waals surface area contributed by atoms with Crippen LogP contribution in [0.25, 0.3) is 0 Å². The second-order valence-electron chi connectivity index (χ2n) is 4.74. The first kappa shape index (κ1) is 14.2. The van der Waals surface area contributed by atoms with E-state index in [4.69, 9.17) is 4.74 Å². The van der Waals surface area contributed by atoms with E-state index in [2.05, 4.69) is 41.0 Å². The zero-order chi connectivity index (χ0) is 13.7. The summed E-state index contributed by atoms with van der Waals surface area (Å²) in [6.45, 7) is 10.9. The van der Waals surface area contributed by atoms with Gasteiger partial charge in [-0.1, -0.05) is 13.8 Å². The van der Waals surface area contributed by atoms with Crippen molar-refractivity contribution in [2.24, 2.45) is 0 Å². The van der Waals surface area contributed by atoms with E-state index in [1.807, 2.05) is 6.07 Å². The summed E-state index contributed by atoms with van der Waals surface area (Å²) >= 11 is 0. The highest BCUT2D eigenvalue weighted by Crippen LogP contribution is 2.21. The third kappa shape index (κ3) is 3.64. The van der Waals surface area contributed by atoms with Gasteiger partial charge in [0.1, 0.15) is 11.9 Å². The van der Waals surface area contributed by atoms with E-state index in [1.165, 1.54) is 0 Å². The molecule has 1 unspecified atom stereocenters. The number of nitrogens with one attached hydrogen (secondary N) is 1. The first-order chi connectivity index (χ1) is 9.26. The molecule has 0 amide bonds. The summed E-state index contributed by atoms with van der Waals surface area (Å²) in [5.41, 5.74) is 1.07. The minimum Gasteiger partial charge on any atom is -0.370 e. The monoisotopic (exact) mass is 264 g/mol. The quantitative estimate of drug-likeness (QED) is 0.879. The van der Waals surface area contributed by atoms with Gasteiger partial charge in [-0.25, -0.2) is 9.97 Å². The molecular formula is C14H24N4O.